The summed E-state index contributed by atoms with van der Waals surface area (Å²) >= 11 is 1.38. The van der Waals surface area contributed by atoms with E-state index in [0.29, 0.717) is 18.2 Å². The fourth-order valence-electron chi connectivity index (χ4n) is 2.42. The van der Waals surface area contributed by atoms with Crippen molar-refractivity contribution in [3.05, 3.63) is 42.7 Å². The molecule has 25 heavy (non-hydrogen) atoms. The van der Waals surface area contributed by atoms with Crippen LogP contribution >= 0.6 is 11.8 Å². The van der Waals surface area contributed by atoms with Crippen LogP contribution in [0.5, 0.6) is 0 Å². The lowest BCUT2D eigenvalue weighted by Crippen LogP contribution is -2.36. The predicted molar refractivity (Wildman–Crippen MR) is 97.4 cm³/mol. The molecule has 0 aliphatic rings. The Kier molecular flexibility index (Phi) is 5.67. The molecular weight excluding hydrogens is 338 g/mol. The Morgan fingerprint density at radius 2 is 2.12 bits per heavy atom. The highest BCUT2D eigenvalue weighted by Crippen LogP contribution is 2.28. The third kappa shape index (κ3) is 4.37. The minimum Gasteiger partial charge on any atom is -0.461 e. The van der Waals surface area contributed by atoms with Crippen LogP contribution < -0.4 is 5.32 Å². The first-order chi connectivity index (χ1) is 12.2. The standard InChI is InChI=1S/C18H19N3O3S/c1-12(10-23-2)19-16(22)11-25-18-13-6-3-4-7-14(13)20-17(21-18)15-8-5-9-24-15/h3-9,12H,10-11H2,1-2H3,(H,19,22)/t12-/m1/s1. The van der Waals surface area contributed by atoms with Gasteiger partial charge in [-0.3, -0.25) is 4.79 Å². The Labute approximate surface area is 150 Å². The maximum atomic E-state index is 12.1. The number of para-hydroxylation sites is 1. The van der Waals surface area contributed by atoms with Crippen LogP contribution in [-0.4, -0.2) is 41.4 Å². The van der Waals surface area contributed by atoms with Crippen molar-refractivity contribution in [2.75, 3.05) is 19.5 Å². The van der Waals surface area contributed by atoms with Gasteiger partial charge in [0, 0.05) is 18.5 Å². The minimum atomic E-state index is -0.0585. The first-order valence-corrected chi connectivity index (χ1v) is 8.87. The first-order valence-electron chi connectivity index (χ1n) is 7.89. The van der Waals surface area contributed by atoms with Crippen LogP contribution in [0.1, 0.15) is 6.92 Å². The van der Waals surface area contributed by atoms with Gasteiger partial charge in [0.25, 0.3) is 0 Å². The van der Waals surface area contributed by atoms with E-state index >= 15 is 0 Å². The number of ether oxygens (including phenoxy) is 1. The summed E-state index contributed by atoms with van der Waals surface area (Å²) in [6.45, 7) is 2.39. The number of nitrogens with one attached hydrogen (secondary N) is 1. The summed E-state index contributed by atoms with van der Waals surface area (Å²) in [5.41, 5.74) is 0.819. The maximum Gasteiger partial charge on any atom is 0.230 e. The molecule has 0 fully saturated rings. The predicted octanol–water partition coefficient (Wildman–Crippen LogP) is 3.13. The molecule has 0 radical (unpaired) electrons. The van der Waals surface area contributed by atoms with Crippen molar-refractivity contribution < 1.29 is 13.9 Å². The van der Waals surface area contributed by atoms with E-state index < -0.39 is 0 Å². The second kappa shape index (κ2) is 8.13. The first kappa shape index (κ1) is 17.4. The van der Waals surface area contributed by atoms with Crippen molar-refractivity contribution in [1.82, 2.24) is 15.3 Å². The lowest BCUT2D eigenvalue weighted by atomic mass is 10.2. The van der Waals surface area contributed by atoms with Gasteiger partial charge in [-0.15, -0.1) is 0 Å². The van der Waals surface area contributed by atoms with Gasteiger partial charge in [-0.25, -0.2) is 9.97 Å². The molecule has 3 rings (SSSR count). The van der Waals surface area contributed by atoms with Gasteiger partial charge < -0.3 is 14.5 Å². The Bertz CT molecular complexity index is 852. The number of carbonyl (C=O) groups is 1. The second-order valence-electron chi connectivity index (χ2n) is 5.56. The zero-order chi connectivity index (χ0) is 17.6. The van der Waals surface area contributed by atoms with E-state index in [1.165, 1.54) is 11.8 Å². The normalized spacial score (nSPS) is 12.2. The molecule has 1 amide bonds. The topological polar surface area (TPSA) is 77.2 Å². The van der Waals surface area contributed by atoms with E-state index in [4.69, 9.17) is 9.15 Å². The van der Waals surface area contributed by atoms with Crippen molar-refractivity contribution in [2.24, 2.45) is 0 Å². The summed E-state index contributed by atoms with van der Waals surface area (Å²) in [5, 5.41) is 4.57. The second-order valence-corrected chi connectivity index (χ2v) is 6.52. The quantitative estimate of drug-likeness (QED) is 0.517. The van der Waals surface area contributed by atoms with Gasteiger partial charge in [0.1, 0.15) is 5.03 Å². The lowest BCUT2D eigenvalue weighted by Gasteiger charge is -2.12. The van der Waals surface area contributed by atoms with E-state index in [-0.39, 0.29) is 17.7 Å². The number of rotatable bonds is 7. The molecule has 1 atom stereocenters. The van der Waals surface area contributed by atoms with E-state index in [2.05, 4.69) is 15.3 Å². The number of hydrogen-bond acceptors (Lipinski definition) is 6. The Morgan fingerprint density at radius 3 is 2.88 bits per heavy atom. The van der Waals surface area contributed by atoms with Crippen molar-refractivity contribution in [3.8, 4) is 11.6 Å². The smallest absolute Gasteiger partial charge is 0.230 e. The Morgan fingerprint density at radius 1 is 1.28 bits per heavy atom. The Balaban J connectivity index is 1.81. The molecule has 1 N–H and O–H groups in total. The molecule has 1 aromatic carbocycles. The molecule has 0 bridgehead atoms. The van der Waals surface area contributed by atoms with E-state index in [1.54, 1.807) is 19.4 Å². The largest absolute Gasteiger partial charge is 0.461 e. The molecule has 0 aliphatic heterocycles. The van der Waals surface area contributed by atoms with Crippen LogP contribution in [-0.2, 0) is 9.53 Å². The van der Waals surface area contributed by atoms with E-state index in [0.717, 1.165) is 15.9 Å². The van der Waals surface area contributed by atoms with Crippen LogP contribution in [0.3, 0.4) is 0 Å². The van der Waals surface area contributed by atoms with Gasteiger partial charge in [-0.2, -0.15) is 0 Å². The summed E-state index contributed by atoms with van der Waals surface area (Å²) in [5.74, 6) is 1.33. The van der Waals surface area contributed by atoms with Gasteiger partial charge in [0.15, 0.2) is 11.6 Å². The molecule has 0 spiro atoms. The van der Waals surface area contributed by atoms with Crippen LogP contribution in [0.2, 0.25) is 0 Å². The van der Waals surface area contributed by atoms with Gasteiger partial charge in [-0.05, 0) is 25.1 Å². The highest BCUT2D eigenvalue weighted by atomic mass is 32.2. The fourth-order valence-corrected chi connectivity index (χ4v) is 3.25. The number of carbonyl (C=O) groups excluding carboxylic acids is 1. The van der Waals surface area contributed by atoms with Crippen molar-refractivity contribution in [1.29, 1.82) is 0 Å². The highest BCUT2D eigenvalue weighted by molar-refractivity contribution is 8.00. The molecule has 2 aromatic heterocycles. The molecule has 3 aromatic rings. The molecule has 0 unspecified atom stereocenters. The number of thioether (sulfide) groups is 1. The number of aromatic nitrogens is 2. The average molecular weight is 357 g/mol. The number of furan rings is 1. The third-order valence-corrected chi connectivity index (χ3v) is 4.47. The summed E-state index contributed by atoms with van der Waals surface area (Å²) in [6.07, 6.45) is 1.59. The number of nitrogens with zero attached hydrogens (tertiary/aromatic N) is 2. The zero-order valence-corrected chi connectivity index (χ0v) is 14.9. The Hall–Kier alpha value is -2.38. The number of benzene rings is 1. The molecule has 0 saturated carbocycles. The SMILES string of the molecule is COC[C@@H](C)NC(=O)CSc1nc(-c2ccco2)nc2ccccc12. The van der Waals surface area contributed by atoms with Gasteiger partial charge in [0.05, 0.1) is 24.1 Å². The monoisotopic (exact) mass is 357 g/mol. The molecule has 0 aliphatic carbocycles. The summed E-state index contributed by atoms with van der Waals surface area (Å²) in [4.78, 5) is 21.2. The summed E-state index contributed by atoms with van der Waals surface area (Å²) < 4.78 is 10.4. The van der Waals surface area contributed by atoms with Gasteiger partial charge >= 0.3 is 0 Å². The van der Waals surface area contributed by atoms with Crippen LogP contribution in [0.4, 0.5) is 0 Å². The molecule has 7 heteroatoms. The van der Waals surface area contributed by atoms with Gasteiger partial charge in [-0.1, -0.05) is 30.0 Å². The lowest BCUT2D eigenvalue weighted by molar-refractivity contribution is -0.119. The average Bonchev–Trinajstić information content (AvgIpc) is 3.14. The van der Waals surface area contributed by atoms with Crippen LogP contribution in [0.15, 0.2) is 52.1 Å². The zero-order valence-electron chi connectivity index (χ0n) is 14.1. The van der Waals surface area contributed by atoms with E-state index in [1.807, 2.05) is 37.3 Å². The molecular formula is C18H19N3O3S. The summed E-state index contributed by atoms with van der Waals surface area (Å²) in [7, 11) is 1.61. The number of methoxy groups -OCH3 is 1. The van der Waals surface area contributed by atoms with Crippen molar-refractivity contribution in [2.45, 2.75) is 18.0 Å². The number of hydrogen-bond donors (Lipinski definition) is 1. The number of amides is 1. The number of fused-ring (bicyclic) bond motifs is 1. The molecule has 0 saturated heterocycles. The van der Waals surface area contributed by atoms with Crippen molar-refractivity contribution in [3.63, 3.8) is 0 Å². The van der Waals surface area contributed by atoms with E-state index in [9.17, 15) is 4.79 Å². The van der Waals surface area contributed by atoms with Crippen LogP contribution in [0.25, 0.3) is 22.5 Å². The fraction of sp³-hybridized carbons (Fsp3) is 0.278. The molecule has 130 valence electrons. The molecule has 6 nitrogen and oxygen atoms in total. The van der Waals surface area contributed by atoms with Crippen molar-refractivity contribution >= 4 is 28.6 Å². The molecule has 2 heterocycles. The third-order valence-electron chi connectivity index (χ3n) is 3.47. The summed E-state index contributed by atoms with van der Waals surface area (Å²) in [6, 6.07) is 11.3. The van der Waals surface area contributed by atoms with Crippen LogP contribution in [0, 0.1) is 0 Å². The van der Waals surface area contributed by atoms with Gasteiger partial charge in [0.2, 0.25) is 5.91 Å². The maximum absolute atomic E-state index is 12.1. The minimum absolute atomic E-state index is 0.0288. The highest BCUT2D eigenvalue weighted by Gasteiger charge is 2.14.